The van der Waals surface area contributed by atoms with Crippen molar-refractivity contribution in [2.45, 2.75) is 57.5 Å². The molecule has 1 heterocycles. The zero-order chi connectivity index (χ0) is 17.4. The monoisotopic (exact) mass is 396 g/mol. The highest BCUT2D eigenvalue weighted by atomic mass is 79.9. The molecule has 2 atom stereocenters. The first-order valence-electron chi connectivity index (χ1n) is 8.90. The largest absolute Gasteiger partial charge is 0.396 e. The Morgan fingerprint density at radius 2 is 2.17 bits per heavy atom. The number of nitrogens with zero attached hydrogens (tertiary/aromatic N) is 1. The molecule has 0 spiro atoms. The van der Waals surface area contributed by atoms with Gasteiger partial charge in [-0.1, -0.05) is 26.2 Å². The SMILES string of the molecule is CC(CO)C(CCNc1ncc(Br)cc1C=N)NC1CCCCC1. The van der Waals surface area contributed by atoms with Crippen molar-refractivity contribution in [3.05, 3.63) is 22.3 Å². The van der Waals surface area contributed by atoms with Gasteiger partial charge >= 0.3 is 0 Å². The van der Waals surface area contributed by atoms with E-state index in [4.69, 9.17) is 5.41 Å². The lowest BCUT2D eigenvalue weighted by Gasteiger charge is -2.31. The fourth-order valence-corrected chi connectivity index (χ4v) is 3.64. The summed E-state index contributed by atoms with van der Waals surface area (Å²) in [5.41, 5.74) is 0.774. The molecule has 134 valence electrons. The lowest BCUT2D eigenvalue weighted by molar-refractivity contribution is 0.183. The molecule has 4 N–H and O–H groups in total. The van der Waals surface area contributed by atoms with Crippen LogP contribution in [0.5, 0.6) is 0 Å². The molecule has 0 bridgehead atoms. The minimum atomic E-state index is 0.201. The molecule has 0 aromatic carbocycles. The van der Waals surface area contributed by atoms with Crippen LogP contribution in [0.2, 0.25) is 0 Å². The number of nitrogens with one attached hydrogen (secondary N) is 3. The highest BCUT2D eigenvalue weighted by molar-refractivity contribution is 9.10. The lowest BCUT2D eigenvalue weighted by Crippen LogP contribution is -2.44. The summed E-state index contributed by atoms with van der Waals surface area (Å²) >= 11 is 3.38. The molecule has 6 heteroatoms. The first kappa shape index (κ1) is 19.3. The van der Waals surface area contributed by atoms with Crippen molar-refractivity contribution in [3.63, 3.8) is 0 Å². The summed E-state index contributed by atoms with van der Waals surface area (Å²) in [7, 11) is 0. The van der Waals surface area contributed by atoms with Crippen molar-refractivity contribution in [1.29, 1.82) is 5.41 Å². The average molecular weight is 397 g/mol. The Bertz CT molecular complexity index is 520. The van der Waals surface area contributed by atoms with E-state index in [2.05, 4.69) is 38.5 Å². The van der Waals surface area contributed by atoms with Crippen LogP contribution < -0.4 is 10.6 Å². The molecule has 1 aromatic rings. The number of rotatable bonds is 9. The number of aliphatic hydroxyl groups excluding tert-OH is 1. The summed E-state index contributed by atoms with van der Waals surface area (Å²) in [5.74, 6) is 0.968. The fraction of sp³-hybridized carbons (Fsp3) is 0.667. The third-order valence-corrected chi connectivity index (χ3v) is 5.25. The van der Waals surface area contributed by atoms with Crippen LogP contribution in [0.25, 0.3) is 0 Å². The van der Waals surface area contributed by atoms with Gasteiger partial charge in [0.05, 0.1) is 0 Å². The Balaban J connectivity index is 1.89. The van der Waals surface area contributed by atoms with Gasteiger partial charge in [0, 0.05) is 47.7 Å². The van der Waals surface area contributed by atoms with E-state index in [1.807, 2.05) is 6.07 Å². The molecule has 0 saturated heterocycles. The quantitative estimate of drug-likeness (QED) is 0.481. The molecule has 24 heavy (non-hydrogen) atoms. The molecule has 1 aliphatic rings. The van der Waals surface area contributed by atoms with Crippen molar-refractivity contribution in [1.82, 2.24) is 10.3 Å². The second kappa shape index (κ2) is 10.1. The smallest absolute Gasteiger partial charge is 0.134 e. The zero-order valence-corrected chi connectivity index (χ0v) is 16.0. The van der Waals surface area contributed by atoms with Gasteiger partial charge in [-0.15, -0.1) is 0 Å². The van der Waals surface area contributed by atoms with E-state index in [9.17, 15) is 5.11 Å². The Hall–Kier alpha value is -0.980. The molecule has 1 aromatic heterocycles. The fourth-order valence-electron chi connectivity index (χ4n) is 3.29. The van der Waals surface area contributed by atoms with Gasteiger partial charge in [0.1, 0.15) is 5.82 Å². The van der Waals surface area contributed by atoms with E-state index in [-0.39, 0.29) is 12.5 Å². The van der Waals surface area contributed by atoms with Crippen LogP contribution in [0, 0.1) is 11.3 Å². The summed E-state index contributed by atoms with van der Waals surface area (Å²) in [6, 6.07) is 2.77. The maximum atomic E-state index is 9.56. The van der Waals surface area contributed by atoms with Gasteiger partial charge in [-0.3, -0.25) is 0 Å². The molecule has 2 rings (SSSR count). The molecular weight excluding hydrogens is 368 g/mol. The van der Waals surface area contributed by atoms with Gasteiger partial charge in [-0.25, -0.2) is 4.98 Å². The third-order valence-electron chi connectivity index (χ3n) is 4.82. The molecule has 1 fully saturated rings. The first-order valence-corrected chi connectivity index (χ1v) is 9.70. The predicted octanol–water partition coefficient (Wildman–Crippen LogP) is 3.56. The highest BCUT2D eigenvalue weighted by Gasteiger charge is 2.21. The van der Waals surface area contributed by atoms with Crippen LogP contribution in [-0.2, 0) is 0 Å². The summed E-state index contributed by atoms with van der Waals surface area (Å²) in [6.07, 6.45) is 10.4. The minimum Gasteiger partial charge on any atom is -0.396 e. The average Bonchev–Trinajstić information content (AvgIpc) is 2.62. The Kier molecular flexibility index (Phi) is 8.15. The molecule has 0 amide bonds. The summed E-state index contributed by atoms with van der Waals surface area (Å²) in [5, 5.41) is 24.1. The van der Waals surface area contributed by atoms with E-state index >= 15 is 0 Å². The molecule has 1 aliphatic carbocycles. The number of pyridine rings is 1. The molecule has 2 unspecified atom stereocenters. The standard InChI is InChI=1S/C18H29BrN4O/c1-13(12-24)17(23-16-5-3-2-4-6-16)7-8-21-18-14(10-20)9-15(19)11-22-18/h9-11,13,16-17,20,23-24H,2-8,12H2,1H3,(H,21,22). The van der Waals surface area contributed by atoms with Gasteiger partial charge in [0.2, 0.25) is 0 Å². The summed E-state index contributed by atoms with van der Waals surface area (Å²) in [4.78, 5) is 4.35. The van der Waals surface area contributed by atoms with Gasteiger partial charge in [-0.2, -0.15) is 0 Å². The number of aliphatic hydroxyl groups is 1. The lowest BCUT2D eigenvalue weighted by atomic mass is 9.92. The molecule has 0 radical (unpaired) electrons. The van der Waals surface area contributed by atoms with Crippen LogP contribution in [0.3, 0.4) is 0 Å². The Morgan fingerprint density at radius 1 is 1.42 bits per heavy atom. The first-order chi connectivity index (χ1) is 11.6. The van der Waals surface area contributed by atoms with Crippen molar-refractivity contribution in [2.24, 2.45) is 5.92 Å². The van der Waals surface area contributed by atoms with E-state index in [1.165, 1.54) is 38.3 Å². The molecule has 5 nitrogen and oxygen atoms in total. The predicted molar refractivity (Wildman–Crippen MR) is 103 cm³/mol. The van der Waals surface area contributed by atoms with E-state index in [1.54, 1.807) is 6.20 Å². The van der Waals surface area contributed by atoms with Gasteiger partial charge in [-0.05, 0) is 47.2 Å². The van der Waals surface area contributed by atoms with Gasteiger partial charge < -0.3 is 21.1 Å². The van der Waals surface area contributed by atoms with Gasteiger partial charge in [0.15, 0.2) is 0 Å². The van der Waals surface area contributed by atoms with Crippen LogP contribution in [0.4, 0.5) is 5.82 Å². The van der Waals surface area contributed by atoms with Crippen molar-refractivity contribution in [2.75, 3.05) is 18.5 Å². The molecule has 0 aliphatic heterocycles. The third kappa shape index (κ3) is 5.83. The number of anilines is 1. The maximum absolute atomic E-state index is 9.56. The number of halogens is 1. The number of aromatic nitrogens is 1. The van der Waals surface area contributed by atoms with Crippen LogP contribution >= 0.6 is 15.9 Å². The van der Waals surface area contributed by atoms with Crippen LogP contribution in [-0.4, -0.2) is 41.5 Å². The van der Waals surface area contributed by atoms with E-state index < -0.39 is 0 Å². The summed E-state index contributed by atoms with van der Waals surface area (Å²) < 4.78 is 0.872. The zero-order valence-electron chi connectivity index (χ0n) is 14.4. The second-order valence-corrected chi connectivity index (χ2v) is 7.63. The normalized spacial score (nSPS) is 18.1. The van der Waals surface area contributed by atoms with Crippen LogP contribution in [0.1, 0.15) is 51.0 Å². The summed E-state index contributed by atoms with van der Waals surface area (Å²) in [6.45, 7) is 3.07. The topological polar surface area (TPSA) is 81.0 Å². The Labute approximate surface area is 153 Å². The Morgan fingerprint density at radius 3 is 2.83 bits per heavy atom. The van der Waals surface area contributed by atoms with E-state index in [0.29, 0.717) is 12.1 Å². The highest BCUT2D eigenvalue weighted by Crippen LogP contribution is 2.20. The van der Waals surface area contributed by atoms with E-state index in [0.717, 1.165) is 28.8 Å². The van der Waals surface area contributed by atoms with Gasteiger partial charge in [0.25, 0.3) is 0 Å². The van der Waals surface area contributed by atoms with Crippen molar-refractivity contribution < 1.29 is 5.11 Å². The minimum absolute atomic E-state index is 0.201. The van der Waals surface area contributed by atoms with Crippen molar-refractivity contribution in [3.8, 4) is 0 Å². The van der Waals surface area contributed by atoms with Crippen molar-refractivity contribution >= 4 is 28.0 Å². The maximum Gasteiger partial charge on any atom is 0.134 e. The second-order valence-electron chi connectivity index (χ2n) is 6.72. The number of hydrogen-bond acceptors (Lipinski definition) is 5. The molecule has 1 saturated carbocycles. The molecular formula is C18H29BrN4O. The number of hydrogen-bond donors (Lipinski definition) is 4. The van der Waals surface area contributed by atoms with Crippen LogP contribution in [0.15, 0.2) is 16.7 Å².